The monoisotopic (exact) mass is 390 g/mol. The van der Waals surface area contributed by atoms with Crippen molar-refractivity contribution in [1.82, 2.24) is 0 Å². The predicted molar refractivity (Wildman–Crippen MR) is 117 cm³/mol. The highest BCUT2D eigenvalue weighted by Gasteiger charge is 2.16. The van der Waals surface area contributed by atoms with Gasteiger partial charge in [-0.25, -0.2) is 0 Å². The number of nitrogens with one attached hydrogen (secondary N) is 1. The van der Waals surface area contributed by atoms with E-state index < -0.39 is 11.9 Å². The molecule has 0 spiro atoms. The number of carbonyl (C=O) groups is 2. The van der Waals surface area contributed by atoms with E-state index >= 15 is 0 Å². The summed E-state index contributed by atoms with van der Waals surface area (Å²) in [5, 5.41) is 11.7. The number of amides is 1. The zero-order valence-electron chi connectivity index (χ0n) is 16.7. The molecule has 29 heavy (non-hydrogen) atoms. The van der Waals surface area contributed by atoms with Crippen LogP contribution in [0.25, 0.3) is 6.08 Å². The molecule has 0 saturated heterocycles. The second kappa shape index (κ2) is 9.24. The second-order valence-electron chi connectivity index (χ2n) is 7.34. The Labute approximate surface area is 171 Å². The molecule has 1 unspecified atom stereocenters. The standard InChI is InChI=1S/C24H26N2O3/c1-17(24(28)29)7-14-23(27)25-20-12-9-18(10-13-20)8-11-19-15-16-26(2)22-6-4-3-5-21(19)22/h3-6,8-13,15-17,19H,7,14H2,1-2H3,(H,25,27)(H,28,29)/b11-8+/t17-,19?/m1/s1. The van der Waals surface area contributed by atoms with Gasteiger partial charge in [-0.3, -0.25) is 9.59 Å². The maximum atomic E-state index is 12.0. The Bertz CT molecular complexity index is 931. The molecule has 150 valence electrons. The number of nitrogens with zero attached hydrogens (tertiary/aromatic N) is 1. The molecule has 2 atom stereocenters. The molecule has 0 aliphatic carbocycles. The van der Waals surface area contributed by atoms with Crippen LogP contribution in [0, 0.1) is 5.92 Å². The number of carbonyl (C=O) groups excluding carboxylic acids is 1. The van der Waals surface area contributed by atoms with Crippen LogP contribution in [0.2, 0.25) is 0 Å². The van der Waals surface area contributed by atoms with Gasteiger partial charge in [-0.2, -0.15) is 0 Å². The van der Waals surface area contributed by atoms with E-state index in [1.165, 1.54) is 11.3 Å². The maximum absolute atomic E-state index is 12.0. The quantitative estimate of drug-likeness (QED) is 0.706. The summed E-state index contributed by atoms with van der Waals surface area (Å²) in [6.07, 6.45) is 9.03. The van der Waals surface area contributed by atoms with E-state index in [9.17, 15) is 9.59 Å². The largest absolute Gasteiger partial charge is 0.481 e. The number of carboxylic acids is 1. The van der Waals surface area contributed by atoms with Crippen molar-refractivity contribution < 1.29 is 14.7 Å². The van der Waals surface area contributed by atoms with E-state index in [0.29, 0.717) is 12.1 Å². The van der Waals surface area contributed by atoms with E-state index in [2.05, 4.69) is 52.8 Å². The van der Waals surface area contributed by atoms with Crippen LogP contribution in [-0.2, 0) is 9.59 Å². The van der Waals surface area contributed by atoms with Crippen molar-refractivity contribution in [3.63, 3.8) is 0 Å². The molecule has 1 heterocycles. The second-order valence-corrected chi connectivity index (χ2v) is 7.34. The van der Waals surface area contributed by atoms with Gasteiger partial charge in [-0.05, 0) is 35.7 Å². The fraction of sp³-hybridized carbons (Fsp3) is 0.250. The van der Waals surface area contributed by atoms with E-state index in [1.54, 1.807) is 6.92 Å². The number of hydrogen-bond donors (Lipinski definition) is 2. The third kappa shape index (κ3) is 5.35. The first-order chi connectivity index (χ1) is 13.9. The molecule has 2 N–H and O–H groups in total. The van der Waals surface area contributed by atoms with Crippen molar-refractivity contribution in [1.29, 1.82) is 0 Å². The first kappa shape index (κ1) is 20.4. The number of para-hydroxylation sites is 1. The van der Waals surface area contributed by atoms with Crippen LogP contribution < -0.4 is 10.2 Å². The smallest absolute Gasteiger partial charge is 0.306 e. The lowest BCUT2D eigenvalue weighted by Gasteiger charge is -2.26. The number of benzene rings is 2. The number of allylic oxidation sites excluding steroid dienone is 2. The first-order valence-electron chi connectivity index (χ1n) is 9.75. The number of rotatable bonds is 7. The summed E-state index contributed by atoms with van der Waals surface area (Å²) in [5.41, 5.74) is 4.24. The highest BCUT2D eigenvalue weighted by Crippen LogP contribution is 2.33. The Hall–Kier alpha value is -3.34. The molecule has 0 aromatic heterocycles. The molecule has 2 aromatic carbocycles. The van der Waals surface area contributed by atoms with Gasteiger partial charge in [0.25, 0.3) is 0 Å². The summed E-state index contributed by atoms with van der Waals surface area (Å²) in [7, 11) is 2.05. The Kier molecular flexibility index (Phi) is 6.50. The third-order valence-electron chi connectivity index (χ3n) is 5.11. The molecule has 1 amide bonds. The number of aliphatic carboxylic acids is 1. The molecule has 0 bridgehead atoms. The Morgan fingerprint density at radius 2 is 1.90 bits per heavy atom. The van der Waals surface area contributed by atoms with Gasteiger partial charge in [-0.1, -0.05) is 55.5 Å². The summed E-state index contributed by atoms with van der Waals surface area (Å²) in [5.74, 6) is -1.35. The van der Waals surface area contributed by atoms with Gasteiger partial charge in [0, 0.05) is 37.0 Å². The first-order valence-corrected chi connectivity index (χ1v) is 9.75. The topological polar surface area (TPSA) is 69.6 Å². The van der Waals surface area contributed by atoms with Crippen molar-refractivity contribution in [2.45, 2.75) is 25.7 Å². The minimum Gasteiger partial charge on any atom is -0.481 e. The average molecular weight is 390 g/mol. The van der Waals surface area contributed by atoms with Gasteiger partial charge in [0.15, 0.2) is 0 Å². The lowest BCUT2D eigenvalue weighted by Crippen LogP contribution is -2.16. The van der Waals surface area contributed by atoms with Gasteiger partial charge in [0.1, 0.15) is 0 Å². The van der Waals surface area contributed by atoms with Gasteiger partial charge in [0.05, 0.1) is 5.92 Å². The molecule has 0 radical (unpaired) electrons. The molecule has 3 rings (SSSR count). The van der Waals surface area contributed by atoms with Gasteiger partial charge >= 0.3 is 5.97 Å². The zero-order chi connectivity index (χ0) is 20.8. The highest BCUT2D eigenvalue weighted by atomic mass is 16.4. The Balaban J connectivity index is 1.59. The highest BCUT2D eigenvalue weighted by molar-refractivity contribution is 5.91. The molecule has 2 aromatic rings. The van der Waals surface area contributed by atoms with Crippen LogP contribution in [0.15, 0.2) is 66.9 Å². The average Bonchev–Trinajstić information content (AvgIpc) is 2.72. The number of fused-ring (bicyclic) bond motifs is 1. The van der Waals surface area contributed by atoms with E-state index in [-0.39, 0.29) is 18.2 Å². The van der Waals surface area contributed by atoms with Gasteiger partial charge in [0.2, 0.25) is 5.91 Å². The molecular formula is C24H26N2O3. The number of carboxylic acid groups (broad SMARTS) is 1. The lowest BCUT2D eigenvalue weighted by molar-refractivity contribution is -0.141. The zero-order valence-corrected chi connectivity index (χ0v) is 16.7. The maximum Gasteiger partial charge on any atom is 0.306 e. The van der Waals surface area contributed by atoms with E-state index in [4.69, 9.17) is 5.11 Å². The Morgan fingerprint density at radius 1 is 1.17 bits per heavy atom. The van der Waals surface area contributed by atoms with Crippen LogP contribution in [0.5, 0.6) is 0 Å². The number of anilines is 2. The molecule has 1 aliphatic rings. The van der Waals surface area contributed by atoms with Crippen molar-refractivity contribution in [2.75, 3.05) is 17.3 Å². The van der Waals surface area contributed by atoms with Crippen LogP contribution in [0.1, 0.15) is 36.8 Å². The summed E-state index contributed by atoms with van der Waals surface area (Å²) in [4.78, 5) is 24.9. The van der Waals surface area contributed by atoms with Crippen molar-refractivity contribution in [2.24, 2.45) is 5.92 Å². The minimum absolute atomic E-state index is 0.172. The summed E-state index contributed by atoms with van der Waals surface area (Å²) >= 11 is 0. The third-order valence-corrected chi connectivity index (χ3v) is 5.11. The molecule has 5 heteroatoms. The van der Waals surface area contributed by atoms with E-state index in [1.807, 2.05) is 37.4 Å². The van der Waals surface area contributed by atoms with Crippen molar-refractivity contribution in [3.8, 4) is 0 Å². The summed E-state index contributed by atoms with van der Waals surface area (Å²) in [6.45, 7) is 1.61. The fourth-order valence-electron chi connectivity index (χ4n) is 3.25. The van der Waals surface area contributed by atoms with Crippen LogP contribution in [-0.4, -0.2) is 24.0 Å². The van der Waals surface area contributed by atoms with Crippen LogP contribution >= 0.6 is 0 Å². The fourth-order valence-corrected chi connectivity index (χ4v) is 3.25. The van der Waals surface area contributed by atoms with Crippen molar-refractivity contribution >= 4 is 29.3 Å². The SMILES string of the molecule is C[C@H](CCC(=O)Nc1ccc(/C=C/C2C=CN(C)c3ccccc32)cc1)C(=O)O. The van der Waals surface area contributed by atoms with E-state index in [0.717, 1.165) is 5.56 Å². The van der Waals surface area contributed by atoms with Gasteiger partial charge < -0.3 is 15.3 Å². The normalized spacial score (nSPS) is 16.5. The van der Waals surface area contributed by atoms with Gasteiger partial charge in [-0.15, -0.1) is 0 Å². The van der Waals surface area contributed by atoms with Crippen molar-refractivity contribution in [3.05, 3.63) is 78.0 Å². The molecule has 1 aliphatic heterocycles. The molecule has 0 saturated carbocycles. The molecule has 0 fully saturated rings. The Morgan fingerprint density at radius 3 is 2.62 bits per heavy atom. The molecule has 5 nitrogen and oxygen atoms in total. The predicted octanol–water partition coefficient (Wildman–Crippen LogP) is 4.89. The molecular weight excluding hydrogens is 364 g/mol. The van der Waals surface area contributed by atoms with Crippen LogP contribution in [0.4, 0.5) is 11.4 Å². The lowest BCUT2D eigenvalue weighted by atomic mass is 9.93. The van der Waals surface area contributed by atoms with Crippen LogP contribution in [0.3, 0.4) is 0 Å². The minimum atomic E-state index is -0.879. The number of hydrogen-bond acceptors (Lipinski definition) is 3. The summed E-state index contributed by atoms with van der Waals surface area (Å²) in [6, 6.07) is 16.0. The summed E-state index contributed by atoms with van der Waals surface area (Å²) < 4.78 is 0.